The summed E-state index contributed by atoms with van der Waals surface area (Å²) in [7, 11) is 0. The van der Waals surface area contributed by atoms with Crippen molar-refractivity contribution in [2.45, 2.75) is 52.0 Å². The van der Waals surface area contributed by atoms with Gasteiger partial charge in [-0.05, 0) is 81.4 Å². The van der Waals surface area contributed by atoms with Crippen molar-refractivity contribution in [3.8, 4) is 18.1 Å². The topological polar surface area (TPSA) is 43.6 Å². The fraction of sp³-hybridized carbons (Fsp3) is 0.565. The van der Waals surface area contributed by atoms with E-state index in [1.54, 1.807) is 0 Å². The molecule has 0 unspecified atom stereocenters. The molecule has 4 fully saturated rings. The van der Waals surface area contributed by atoms with Gasteiger partial charge in [0.25, 0.3) is 5.91 Å². The van der Waals surface area contributed by atoms with E-state index in [-0.39, 0.29) is 11.3 Å². The van der Waals surface area contributed by atoms with Gasteiger partial charge in [-0.3, -0.25) is 4.79 Å². The van der Waals surface area contributed by atoms with Crippen LogP contribution in [0.25, 0.3) is 10.2 Å². The molecule has 0 spiro atoms. The lowest BCUT2D eigenvalue weighted by atomic mass is 9.49. The van der Waals surface area contributed by atoms with E-state index in [9.17, 15) is 4.79 Å². The molecule has 1 aromatic carbocycles. The van der Waals surface area contributed by atoms with E-state index in [1.165, 1.54) is 30.6 Å². The van der Waals surface area contributed by atoms with Crippen LogP contribution in [0.1, 0.15) is 45.4 Å². The zero-order chi connectivity index (χ0) is 19.3. The number of benzene rings is 1. The average Bonchev–Trinajstić information content (AvgIpc) is 2.98. The van der Waals surface area contributed by atoms with E-state index < -0.39 is 0 Å². The number of carbonyl (C=O) groups is 1. The van der Waals surface area contributed by atoms with Crippen LogP contribution in [0, 0.1) is 35.5 Å². The quantitative estimate of drug-likeness (QED) is 0.723. The molecule has 1 amide bonds. The third-order valence-electron chi connectivity index (χ3n) is 6.90. The fourth-order valence-electron chi connectivity index (χ4n) is 6.22. The molecule has 6 rings (SSSR count). The summed E-state index contributed by atoms with van der Waals surface area (Å²) in [4.78, 5) is 18.8. The maximum Gasteiger partial charge on any atom is 0.254 e. The highest BCUT2D eigenvalue weighted by Gasteiger charge is 2.54. The van der Waals surface area contributed by atoms with E-state index in [0.717, 1.165) is 57.8 Å². The average molecular weight is 395 g/mol. The summed E-state index contributed by atoms with van der Waals surface area (Å²) in [6, 6.07) is 5.99. The number of aromatic nitrogens is 1. The van der Waals surface area contributed by atoms with Crippen LogP contribution < -0.4 is 9.54 Å². The molecule has 4 aliphatic rings. The van der Waals surface area contributed by atoms with Crippen LogP contribution in [0.2, 0.25) is 0 Å². The summed E-state index contributed by atoms with van der Waals surface area (Å²) in [5.74, 6) is 5.85. The van der Waals surface area contributed by atoms with Crippen molar-refractivity contribution in [1.29, 1.82) is 0 Å². The molecule has 1 heterocycles. The van der Waals surface area contributed by atoms with Gasteiger partial charge < -0.3 is 9.30 Å². The summed E-state index contributed by atoms with van der Waals surface area (Å²) in [5, 5.41) is 0. The smallest absolute Gasteiger partial charge is 0.254 e. The van der Waals surface area contributed by atoms with Gasteiger partial charge in [0.1, 0.15) is 5.75 Å². The lowest BCUT2D eigenvalue weighted by Crippen LogP contribution is -2.49. The summed E-state index contributed by atoms with van der Waals surface area (Å²) < 4.78 is 8.68. The number of carbonyl (C=O) groups excluding carboxylic acids is 1. The van der Waals surface area contributed by atoms with Crippen LogP contribution in [0.3, 0.4) is 0 Å². The third kappa shape index (κ3) is 2.90. The van der Waals surface area contributed by atoms with Crippen molar-refractivity contribution in [3.63, 3.8) is 0 Å². The molecule has 0 radical (unpaired) electrons. The van der Waals surface area contributed by atoms with Crippen LogP contribution in [-0.4, -0.2) is 17.1 Å². The zero-order valence-corrected chi connectivity index (χ0v) is 17.1. The van der Waals surface area contributed by atoms with Crippen molar-refractivity contribution in [3.05, 3.63) is 23.0 Å². The van der Waals surface area contributed by atoms with E-state index in [0.29, 0.717) is 13.2 Å². The number of rotatable bonds is 4. The van der Waals surface area contributed by atoms with Gasteiger partial charge in [0.15, 0.2) is 4.80 Å². The predicted octanol–water partition coefficient (Wildman–Crippen LogP) is 4.38. The second kappa shape index (κ2) is 6.77. The van der Waals surface area contributed by atoms with E-state index >= 15 is 0 Å². The van der Waals surface area contributed by atoms with Gasteiger partial charge in [0.05, 0.1) is 28.8 Å². The molecule has 0 N–H and O–H groups in total. The highest BCUT2D eigenvalue weighted by molar-refractivity contribution is 7.16. The van der Waals surface area contributed by atoms with Gasteiger partial charge in [-0.2, -0.15) is 4.99 Å². The minimum atomic E-state index is -0.213. The molecular formula is C23H26N2O2S. The Kier molecular flexibility index (Phi) is 4.35. The molecule has 5 heteroatoms. The van der Waals surface area contributed by atoms with Crippen molar-refractivity contribution in [1.82, 2.24) is 4.57 Å². The Morgan fingerprint density at radius 3 is 2.57 bits per heavy atom. The monoisotopic (exact) mass is 394 g/mol. The van der Waals surface area contributed by atoms with Gasteiger partial charge in [0, 0.05) is 0 Å². The van der Waals surface area contributed by atoms with Crippen LogP contribution in [0.5, 0.6) is 5.75 Å². The first kappa shape index (κ1) is 18.0. The first-order valence-corrected chi connectivity index (χ1v) is 11.2. The molecule has 4 bridgehead atoms. The number of nitrogens with zero attached hydrogens (tertiary/aromatic N) is 2. The van der Waals surface area contributed by atoms with Crippen molar-refractivity contribution in [2.24, 2.45) is 28.2 Å². The van der Waals surface area contributed by atoms with Gasteiger partial charge in [-0.1, -0.05) is 17.3 Å². The number of hydrogen-bond acceptors (Lipinski definition) is 3. The zero-order valence-electron chi connectivity index (χ0n) is 16.3. The minimum absolute atomic E-state index is 0.0916. The summed E-state index contributed by atoms with van der Waals surface area (Å²) in [5.41, 5.74) is 0.804. The largest absolute Gasteiger partial charge is 0.494 e. The highest BCUT2D eigenvalue weighted by Crippen LogP contribution is 2.60. The molecule has 0 atom stereocenters. The first-order valence-electron chi connectivity index (χ1n) is 10.4. The number of terminal acetylenes is 1. The van der Waals surface area contributed by atoms with E-state index in [2.05, 4.69) is 10.9 Å². The molecule has 4 aliphatic carbocycles. The summed E-state index contributed by atoms with van der Waals surface area (Å²) >= 11 is 1.54. The van der Waals surface area contributed by atoms with Gasteiger partial charge in [-0.25, -0.2) is 0 Å². The standard InChI is InChI=1S/C23H26N2O2S/c1-3-7-25-19-6-5-18(27-4-2)11-20(19)28-22(25)24-21(26)23-12-15-8-16(13-23)10-17(9-15)14-23/h1,5-6,11,15-17H,4,7-10,12-14H2,2H3. The van der Waals surface area contributed by atoms with Crippen LogP contribution in [0.15, 0.2) is 23.2 Å². The summed E-state index contributed by atoms with van der Waals surface area (Å²) in [6.07, 6.45) is 12.7. The van der Waals surface area contributed by atoms with Crippen molar-refractivity contribution < 1.29 is 9.53 Å². The number of ether oxygens (including phenoxy) is 1. The number of thiazole rings is 1. The van der Waals surface area contributed by atoms with Gasteiger partial charge in [0.2, 0.25) is 0 Å². The first-order chi connectivity index (χ1) is 13.6. The molecule has 1 aromatic heterocycles. The number of fused-ring (bicyclic) bond motifs is 1. The number of amides is 1. The molecule has 28 heavy (non-hydrogen) atoms. The maximum absolute atomic E-state index is 13.4. The molecule has 4 saturated carbocycles. The van der Waals surface area contributed by atoms with Crippen LogP contribution >= 0.6 is 11.3 Å². The van der Waals surface area contributed by atoms with E-state index in [1.807, 2.05) is 29.7 Å². The number of hydrogen-bond donors (Lipinski definition) is 0. The van der Waals surface area contributed by atoms with E-state index in [4.69, 9.17) is 11.2 Å². The lowest BCUT2D eigenvalue weighted by Gasteiger charge is -2.55. The SMILES string of the molecule is C#CCn1c(=NC(=O)C23CC4CC(CC(C4)C2)C3)sc2cc(OCC)ccc21. The molecule has 146 valence electrons. The second-order valence-corrected chi connectivity index (χ2v) is 9.86. The fourth-order valence-corrected chi connectivity index (χ4v) is 7.27. The Balaban J connectivity index is 1.56. The Morgan fingerprint density at radius 2 is 1.96 bits per heavy atom. The Hall–Kier alpha value is -2.06. The maximum atomic E-state index is 13.4. The highest BCUT2D eigenvalue weighted by atomic mass is 32.1. The Labute approximate surface area is 169 Å². The van der Waals surface area contributed by atoms with Gasteiger partial charge >= 0.3 is 0 Å². The lowest BCUT2D eigenvalue weighted by molar-refractivity contribution is -0.142. The van der Waals surface area contributed by atoms with Crippen molar-refractivity contribution >= 4 is 27.5 Å². The molecule has 0 saturated heterocycles. The Bertz CT molecular complexity index is 1000. The van der Waals surface area contributed by atoms with Crippen molar-refractivity contribution in [2.75, 3.05) is 6.61 Å². The molecular weight excluding hydrogens is 368 g/mol. The minimum Gasteiger partial charge on any atom is -0.494 e. The van der Waals surface area contributed by atoms with Crippen LogP contribution in [0.4, 0.5) is 0 Å². The predicted molar refractivity (Wildman–Crippen MR) is 111 cm³/mol. The Morgan fingerprint density at radius 1 is 1.29 bits per heavy atom. The summed E-state index contributed by atoms with van der Waals surface area (Å²) in [6.45, 7) is 3.02. The normalized spacial score (nSPS) is 31.3. The third-order valence-corrected chi connectivity index (χ3v) is 7.94. The molecule has 0 aliphatic heterocycles. The second-order valence-electron chi connectivity index (χ2n) is 8.85. The van der Waals surface area contributed by atoms with Crippen LogP contribution in [-0.2, 0) is 11.3 Å². The molecule has 4 nitrogen and oxygen atoms in total. The van der Waals surface area contributed by atoms with Gasteiger partial charge in [-0.15, -0.1) is 6.42 Å². The molecule has 2 aromatic rings.